The van der Waals surface area contributed by atoms with Crippen LogP contribution < -0.4 is 5.32 Å². The minimum Gasteiger partial charge on any atom is -0.353 e. The van der Waals surface area contributed by atoms with E-state index in [1.807, 2.05) is 32.9 Å². The van der Waals surface area contributed by atoms with Crippen LogP contribution >= 0.6 is 11.6 Å². The molecule has 1 aliphatic heterocycles. The van der Waals surface area contributed by atoms with Gasteiger partial charge in [0.1, 0.15) is 0 Å². The molecule has 1 aromatic rings. The number of hydrogen-bond donors (Lipinski definition) is 1. The molecule has 0 spiro atoms. The molecule has 22 heavy (non-hydrogen) atoms. The maximum Gasteiger partial charge on any atom is 0.237 e. The lowest BCUT2D eigenvalue weighted by Crippen LogP contribution is -2.54. The van der Waals surface area contributed by atoms with Crippen LogP contribution in [0.5, 0.6) is 0 Å². The molecule has 1 aliphatic rings. The van der Waals surface area contributed by atoms with Crippen LogP contribution in [-0.4, -0.2) is 54.0 Å². The summed E-state index contributed by atoms with van der Waals surface area (Å²) in [5, 5.41) is 3.77. The molecule has 1 N–H and O–H groups in total. The lowest BCUT2D eigenvalue weighted by atomic mass is 10.1. The zero-order valence-corrected chi connectivity index (χ0v) is 14.4. The second-order valence-corrected chi connectivity index (χ2v) is 6.71. The maximum atomic E-state index is 12.1. The van der Waals surface area contributed by atoms with E-state index < -0.39 is 0 Å². The van der Waals surface area contributed by atoms with Gasteiger partial charge >= 0.3 is 0 Å². The monoisotopic (exact) mass is 323 g/mol. The molecule has 0 aromatic heterocycles. The number of benzene rings is 1. The third kappa shape index (κ3) is 4.97. The van der Waals surface area contributed by atoms with Crippen molar-refractivity contribution in [3.8, 4) is 0 Å². The molecule has 1 saturated heterocycles. The van der Waals surface area contributed by atoms with Gasteiger partial charge in [0, 0.05) is 43.8 Å². The first-order valence-corrected chi connectivity index (χ1v) is 8.34. The molecule has 0 radical (unpaired) electrons. The lowest BCUT2D eigenvalue weighted by Gasteiger charge is -2.37. The van der Waals surface area contributed by atoms with Crippen LogP contribution in [0, 0.1) is 0 Å². The Labute approximate surface area is 138 Å². The summed E-state index contributed by atoms with van der Waals surface area (Å²) < 4.78 is 0. The Kier molecular flexibility index (Phi) is 6.24. The molecule has 1 atom stereocenters. The molecule has 1 amide bonds. The average Bonchev–Trinajstić information content (AvgIpc) is 2.49. The van der Waals surface area contributed by atoms with Gasteiger partial charge in [0.2, 0.25) is 5.91 Å². The summed E-state index contributed by atoms with van der Waals surface area (Å²) in [5.74, 6) is 0.126. The number of piperazine rings is 1. The molecule has 1 unspecified atom stereocenters. The third-order valence-electron chi connectivity index (χ3n) is 4.08. The SMILES string of the molecule is CC(C)NC(=O)C(C)N1CCN(Cc2ccc(Cl)cc2)CC1. The van der Waals surface area contributed by atoms with Gasteiger partial charge in [-0.1, -0.05) is 23.7 Å². The van der Waals surface area contributed by atoms with Gasteiger partial charge in [-0.05, 0) is 38.5 Å². The molecular weight excluding hydrogens is 298 g/mol. The highest BCUT2D eigenvalue weighted by Gasteiger charge is 2.25. The van der Waals surface area contributed by atoms with Gasteiger partial charge in [-0.25, -0.2) is 0 Å². The minimum atomic E-state index is -0.0555. The molecule has 4 nitrogen and oxygen atoms in total. The fourth-order valence-electron chi connectivity index (χ4n) is 2.73. The van der Waals surface area contributed by atoms with Crippen LogP contribution in [0.15, 0.2) is 24.3 Å². The second kappa shape index (κ2) is 7.95. The number of halogens is 1. The normalized spacial score (nSPS) is 18.4. The van der Waals surface area contributed by atoms with Gasteiger partial charge in [0.05, 0.1) is 6.04 Å². The predicted molar refractivity (Wildman–Crippen MR) is 91.0 cm³/mol. The van der Waals surface area contributed by atoms with Crippen LogP contribution in [0.1, 0.15) is 26.3 Å². The Bertz CT molecular complexity index is 481. The van der Waals surface area contributed by atoms with Gasteiger partial charge in [-0.3, -0.25) is 14.6 Å². The molecule has 0 saturated carbocycles. The van der Waals surface area contributed by atoms with E-state index in [-0.39, 0.29) is 18.0 Å². The largest absolute Gasteiger partial charge is 0.353 e. The van der Waals surface area contributed by atoms with E-state index in [9.17, 15) is 4.79 Å². The first-order valence-electron chi connectivity index (χ1n) is 7.97. The number of carbonyl (C=O) groups excluding carboxylic acids is 1. The summed E-state index contributed by atoms with van der Waals surface area (Å²) in [6, 6.07) is 8.17. The molecule has 0 bridgehead atoms. The Hall–Kier alpha value is -1.10. The number of carbonyl (C=O) groups is 1. The zero-order chi connectivity index (χ0) is 16.1. The molecule has 1 heterocycles. The fourth-order valence-corrected chi connectivity index (χ4v) is 2.85. The summed E-state index contributed by atoms with van der Waals surface area (Å²) in [6.45, 7) is 10.8. The van der Waals surface area contributed by atoms with Gasteiger partial charge in [0.15, 0.2) is 0 Å². The first kappa shape index (κ1) is 17.3. The Morgan fingerprint density at radius 3 is 2.27 bits per heavy atom. The van der Waals surface area contributed by atoms with Crippen molar-refractivity contribution in [2.24, 2.45) is 0 Å². The Morgan fingerprint density at radius 2 is 1.73 bits per heavy atom. The van der Waals surface area contributed by atoms with Gasteiger partial charge < -0.3 is 5.32 Å². The molecule has 1 aromatic carbocycles. The van der Waals surface area contributed by atoms with E-state index in [0.29, 0.717) is 0 Å². The number of hydrogen-bond acceptors (Lipinski definition) is 3. The standard InChI is InChI=1S/C17H26ClN3O/c1-13(2)19-17(22)14(3)21-10-8-20(9-11-21)12-15-4-6-16(18)7-5-15/h4-7,13-14H,8-12H2,1-3H3,(H,19,22). The van der Waals surface area contributed by atoms with Crippen LogP contribution in [0.4, 0.5) is 0 Å². The van der Waals surface area contributed by atoms with E-state index in [2.05, 4.69) is 27.2 Å². The van der Waals surface area contributed by atoms with Crippen molar-refractivity contribution in [2.75, 3.05) is 26.2 Å². The van der Waals surface area contributed by atoms with Crippen molar-refractivity contribution in [3.63, 3.8) is 0 Å². The van der Waals surface area contributed by atoms with E-state index in [1.165, 1.54) is 5.56 Å². The highest BCUT2D eigenvalue weighted by Crippen LogP contribution is 2.14. The summed E-state index contributed by atoms with van der Waals surface area (Å²) in [4.78, 5) is 16.8. The summed E-state index contributed by atoms with van der Waals surface area (Å²) in [6.07, 6.45) is 0. The number of nitrogens with one attached hydrogen (secondary N) is 1. The van der Waals surface area contributed by atoms with Crippen molar-refractivity contribution in [2.45, 2.75) is 39.4 Å². The predicted octanol–water partition coefficient (Wildman–Crippen LogP) is 2.37. The van der Waals surface area contributed by atoms with E-state index in [0.717, 1.165) is 37.7 Å². The van der Waals surface area contributed by atoms with Crippen molar-refractivity contribution in [1.29, 1.82) is 0 Å². The molecule has 1 fully saturated rings. The maximum absolute atomic E-state index is 12.1. The highest BCUT2D eigenvalue weighted by molar-refractivity contribution is 6.30. The van der Waals surface area contributed by atoms with Gasteiger partial charge in [-0.15, -0.1) is 0 Å². The quantitative estimate of drug-likeness (QED) is 0.903. The molecule has 122 valence electrons. The smallest absolute Gasteiger partial charge is 0.237 e. The molecular formula is C17H26ClN3O. The zero-order valence-electron chi connectivity index (χ0n) is 13.7. The number of amides is 1. The lowest BCUT2D eigenvalue weighted by molar-refractivity contribution is -0.127. The van der Waals surface area contributed by atoms with Crippen molar-refractivity contribution in [1.82, 2.24) is 15.1 Å². The van der Waals surface area contributed by atoms with Crippen LogP contribution in [0.25, 0.3) is 0 Å². The summed E-state index contributed by atoms with van der Waals surface area (Å²) in [5.41, 5.74) is 1.28. The number of rotatable bonds is 5. The Balaban J connectivity index is 1.80. The van der Waals surface area contributed by atoms with Gasteiger partial charge in [0.25, 0.3) is 0 Å². The first-order chi connectivity index (χ1) is 10.5. The van der Waals surface area contributed by atoms with Crippen molar-refractivity contribution < 1.29 is 4.79 Å². The average molecular weight is 324 g/mol. The fraction of sp³-hybridized carbons (Fsp3) is 0.588. The van der Waals surface area contributed by atoms with E-state index in [4.69, 9.17) is 11.6 Å². The summed E-state index contributed by atoms with van der Waals surface area (Å²) in [7, 11) is 0. The summed E-state index contributed by atoms with van der Waals surface area (Å²) >= 11 is 5.92. The highest BCUT2D eigenvalue weighted by atomic mass is 35.5. The Morgan fingerprint density at radius 1 is 1.14 bits per heavy atom. The minimum absolute atomic E-state index is 0.0555. The van der Waals surface area contributed by atoms with Crippen LogP contribution in [0.2, 0.25) is 5.02 Å². The van der Waals surface area contributed by atoms with Crippen molar-refractivity contribution >= 4 is 17.5 Å². The molecule has 5 heteroatoms. The molecule has 0 aliphatic carbocycles. The number of nitrogens with zero attached hydrogens (tertiary/aromatic N) is 2. The third-order valence-corrected chi connectivity index (χ3v) is 4.34. The topological polar surface area (TPSA) is 35.6 Å². The van der Waals surface area contributed by atoms with E-state index in [1.54, 1.807) is 0 Å². The van der Waals surface area contributed by atoms with Crippen LogP contribution in [-0.2, 0) is 11.3 Å². The van der Waals surface area contributed by atoms with Gasteiger partial charge in [-0.2, -0.15) is 0 Å². The molecule has 2 rings (SSSR count). The van der Waals surface area contributed by atoms with Crippen molar-refractivity contribution in [3.05, 3.63) is 34.9 Å². The van der Waals surface area contributed by atoms with Crippen LogP contribution in [0.3, 0.4) is 0 Å². The second-order valence-electron chi connectivity index (χ2n) is 6.28. The van der Waals surface area contributed by atoms with E-state index >= 15 is 0 Å².